The lowest BCUT2D eigenvalue weighted by atomic mass is 10.3. The van der Waals surface area contributed by atoms with Crippen molar-refractivity contribution in [2.75, 3.05) is 12.5 Å². The molecule has 1 aromatic carbocycles. The van der Waals surface area contributed by atoms with E-state index in [9.17, 15) is 4.79 Å². The number of rotatable bonds is 1. The number of benzene rings is 1. The Kier molecular flexibility index (Phi) is 2.06. The Morgan fingerprint density at radius 3 is 3.14 bits per heavy atom. The predicted octanol–water partition coefficient (Wildman–Crippen LogP) is 1.15. The van der Waals surface area contributed by atoms with Crippen LogP contribution in [0.2, 0.25) is 0 Å². The summed E-state index contributed by atoms with van der Waals surface area (Å²) in [6.07, 6.45) is 2.08. The van der Waals surface area contributed by atoms with Gasteiger partial charge in [-0.05, 0) is 12.1 Å². The van der Waals surface area contributed by atoms with Crippen molar-refractivity contribution in [2.24, 2.45) is 0 Å². The minimum Gasteiger partial charge on any atom is -0.452 e. The monoisotopic (exact) mass is 190 g/mol. The molecule has 0 bridgehead atoms. The zero-order valence-corrected chi connectivity index (χ0v) is 7.52. The van der Waals surface area contributed by atoms with Gasteiger partial charge >= 0.3 is 6.09 Å². The van der Waals surface area contributed by atoms with Crippen molar-refractivity contribution < 1.29 is 9.53 Å². The van der Waals surface area contributed by atoms with E-state index >= 15 is 0 Å². The molecule has 0 aliphatic heterocycles. The van der Waals surface area contributed by atoms with Crippen LogP contribution in [0.1, 0.15) is 0 Å². The number of imidazole rings is 1. The zero-order chi connectivity index (χ0) is 9.97. The molecular weight excluding hydrogens is 182 g/mol. The average Bonchev–Trinajstić information content (AvgIpc) is 2.62. The molecule has 5 heteroatoms. The SMILES string of the molecule is COC(=O)Nn1[c]nc2ccccc21. The van der Waals surface area contributed by atoms with Crippen molar-refractivity contribution in [3.05, 3.63) is 30.6 Å². The Hall–Kier alpha value is -2.04. The number of nitrogens with zero attached hydrogens (tertiary/aromatic N) is 2. The minimum absolute atomic E-state index is 0.551. The number of hydrogen-bond acceptors (Lipinski definition) is 3. The Labute approximate surface area is 80.3 Å². The molecule has 2 aromatic rings. The van der Waals surface area contributed by atoms with Crippen LogP contribution >= 0.6 is 0 Å². The van der Waals surface area contributed by atoms with Gasteiger partial charge < -0.3 is 4.74 Å². The lowest BCUT2D eigenvalue weighted by Crippen LogP contribution is -2.21. The summed E-state index contributed by atoms with van der Waals surface area (Å²) in [5.41, 5.74) is 4.00. The Morgan fingerprint density at radius 1 is 1.57 bits per heavy atom. The quantitative estimate of drug-likeness (QED) is 0.733. The number of para-hydroxylation sites is 2. The summed E-state index contributed by atoms with van der Waals surface area (Å²) in [6, 6.07) is 7.38. The molecule has 0 spiro atoms. The third kappa shape index (κ3) is 1.39. The van der Waals surface area contributed by atoms with Crippen LogP contribution in [0.25, 0.3) is 11.0 Å². The molecule has 0 saturated heterocycles. The number of fused-ring (bicyclic) bond motifs is 1. The fourth-order valence-electron chi connectivity index (χ4n) is 1.13. The van der Waals surface area contributed by atoms with E-state index in [1.165, 1.54) is 11.8 Å². The molecule has 1 aromatic heterocycles. The smallest absolute Gasteiger partial charge is 0.426 e. The number of hydrogen-bond donors (Lipinski definition) is 1. The lowest BCUT2D eigenvalue weighted by molar-refractivity contribution is 0.183. The summed E-state index contributed by atoms with van der Waals surface area (Å²) in [4.78, 5) is 14.9. The molecule has 0 saturated carbocycles. The summed E-state index contributed by atoms with van der Waals surface area (Å²) in [5.74, 6) is 0. The first kappa shape index (κ1) is 8.55. The van der Waals surface area contributed by atoms with E-state index in [2.05, 4.69) is 21.5 Å². The number of nitrogens with one attached hydrogen (secondary N) is 1. The second kappa shape index (κ2) is 3.37. The number of methoxy groups -OCH3 is 1. The highest BCUT2D eigenvalue weighted by Gasteiger charge is 2.04. The first-order chi connectivity index (χ1) is 6.81. The molecule has 0 unspecified atom stereocenters. The minimum atomic E-state index is -0.551. The predicted molar refractivity (Wildman–Crippen MR) is 50.3 cm³/mol. The fraction of sp³-hybridized carbons (Fsp3) is 0.111. The van der Waals surface area contributed by atoms with Gasteiger partial charge in [0, 0.05) is 0 Å². The van der Waals surface area contributed by atoms with Gasteiger partial charge in [0.2, 0.25) is 0 Å². The van der Waals surface area contributed by atoms with Gasteiger partial charge in [0.25, 0.3) is 0 Å². The van der Waals surface area contributed by atoms with Crippen LogP contribution in [-0.2, 0) is 4.74 Å². The van der Waals surface area contributed by atoms with Crippen LogP contribution in [-0.4, -0.2) is 22.9 Å². The molecule has 71 valence electrons. The molecule has 1 radical (unpaired) electrons. The van der Waals surface area contributed by atoms with Crippen molar-refractivity contribution in [1.29, 1.82) is 0 Å². The zero-order valence-electron chi connectivity index (χ0n) is 7.52. The second-order valence-corrected chi connectivity index (χ2v) is 2.64. The highest BCUT2D eigenvalue weighted by Crippen LogP contribution is 2.09. The van der Waals surface area contributed by atoms with Gasteiger partial charge in [-0.2, -0.15) is 0 Å². The third-order valence-electron chi connectivity index (χ3n) is 1.78. The first-order valence-electron chi connectivity index (χ1n) is 4.01. The van der Waals surface area contributed by atoms with Gasteiger partial charge in [0.15, 0.2) is 6.33 Å². The van der Waals surface area contributed by atoms with E-state index in [4.69, 9.17) is 0 Å². The Balaban J connectivity index is 2.38. The van der Waals surface area contributed by atoms with Crippen molar-refractivity contribution in [2.45, 2.75) is 0 Å². The lowest BCUT2D eigenvalue weighted by Gasteiger charge is -2.03. The second-order valence-electron chi connectivity index (χ2n) is 2.64. The van der Waals surface area contributed by atoms with E-state index in [0.717, 1.165) is 11.0 Å². The largest absolute Gasteiger partial charge is 0.452 e. The van der Waals surface area contributed by atoms with Gasteiger partial charge in [0.1, 0.15) is 0 Å². The Bertz CT molecular complexity index is 464. The number of ether oxygens (including phenoxy) is 1. The van der Waals surface area contributed by atoms with Crippen molar-refractivity contribution in [3.63, 3.8) is 0 Å². The molecule has 0 aliphatic rings. The maximum absolute atomic E-state index is 10.9. The summed E-state index contributed by atoms with van der Waals surface area (Å²) < 4.78 is 5.84. The van der Waals surface area contributed by atoms with E-state index in [1.807, 2.05) is 24.3 Å². The first-order valence-corrected chi connectivity index (χ1v) is 4.01. The molecule has 1 N–H and O–H groups in total. The molecule has 0 aliphatic carbocycles. The van der Waals surface area contributed by atoms with Gasteiger partial charge in [-0.25, -0.2) is 19.9 Å². The van der Waals surface area contributed by atoms with E-state index in [1.54, 1.807) is 0 Å². The van der Waals surface area contributed by atoms with Gasteiger partial charge in [-0.3, -0.25) is 0 Å². The van der Waals surface area contributed by atoms with Crippen LogP contribution in [0.5, 0.6) is 0 Å². The van der Waals surface area contributed by atoms with Crippen LogP contribution < -0.4 is 5.43 Å². The van der Waals surface area contributed by atoms with Crippen molar-refractivity contribution in [3.8, 4) is 0 Å². The van der Waals surface area contributed by atoms with Crippen LogP contribution in [0.4, 0.5) is 4.79 Å². The van der Waals surface area contributed by atoms with Crippen molar-refractivity contribution >= 4 is 17.1 Å². The summed E-state index contributed by atoms with van der Waals surface area (Å²) in [7, 11) is 1.30. The molecule has 1 heterocycles. The molecular formula is C9H8N3O2. The summed E-state index contributed by atoms with van der Waals surface area (Å²) in [5, 5.41) is 0. The molecule has 0 atom stereocenters. The standard InChI is InChI=1S/C9H8N3O2/c1-14-9(13)11-12-6-10-7-4-2-3-5-8(7)12/h2-5H,1H3,(H,11,13). The summed E-state index contributed by atoms with van der Waals surface area (Å²) >= 11 is 0. The highest BCUT2D eigenvalue weighted by molar-refractivity contribution is 5.81. The maximum Gasteiger partial charge on any atom is 0.426 e. The molecule has 5 nitrogen and oxygen atoms in total. The number of carbonyl (C=O) groups is 1. The Morgan fingerprint density at radius 2 is 2.36 bits per heavy atom. The number of aromatic nitrogens is 2. The van der Waals surface area contributed by atoms with E-state index in [-0.39, 0.29) is 0 Å². The molecule has 1 amide bonds. The molecule has 14 heavy (non-hydrogen) atoms. The normalized spacial score (nSPS) is 10.1. The topological polar surface area (TPSA) is 56.1 Å². The highest BCUT2D eigenvalue weighted by atomic mass is 16.5. The maximum atomic E-state index is 10.9. The van der Waals surface area contributed by atoms with Crippen LogP contribution in [0, 0.1) is 6.33 Å². The van der Waals surface area contributed by atoms with Gasteiger partial charge in [0.05, 0.1) is 18.1 Å². The van der Waals surface area contributed by atoms with Gasteiger partial charge in [-0.15, -0.1) is 0 Å². The molecule has 0 fully saturated rings. The summed E-state index contributed by atoms with van der Waals surface area (Å²) in [6.45, 7) is 0. The van der Waals surface area contributed by atoms with Crippen LogP contribution in [0.3, 0.4) is 0 Å². The van der Waals surface area contributed by atoms with Crippen molar-refractivity contribution in [1.82, 2.24) is 9.66 Å². The average molecular weight is 190 g/mol. The van der Waals surface area contributed by atoms with Crippen LogP contribution in [0.15, 0.2) is 24.3 Å². The number of amides is 1. The van der Waals surface area contributed by atoms with E-state index < -0.39 is 6.09 Å². The fourth-order valence-corrected chi connectivity index (χ4v) is 1.13. The third-order valence-corrected chi connectivity index (χ3v) is 1.78. The molecule has 2 rings (SSSR count). The van der Waals surface area contributed by atoms with Gasteiger partial charge in [-0.1, -0.05) is 12.1 Å². The van der Waals surface area contributed by atoms with E-state index in [0.29, 0.717) is 0 Å². The number of carbonyl (C=O) groups excluding carboxylic acids is 1.